The molecule has 6 heteroatoms. The van der Waals surface area contributed by atoms with E-state index in [0.29, 0.717) is 39.5 Å². The highest BCUT2D eigenvalue weighted by Crippen LogP contribution is 2.18. The van der Waals surface area contributed by atoms with Crippen LogP contribution in [0.1, 0.15) is 26.2 Å². The smallest absolute Gasteiger partial charge is 0.323 e. The van der Waals surface area contributed by atoms with Gasteiger partial charge in [-0.25, -0.2) is 0 Å². The highest BCUT2D eigenvalue weighted by molar-refractivity contribution is 5.80. The van der Waals surface area contributed by atoms with Crippen LogP contribution in [0.25, 0.3) is 0 Å². The van der Waals surface area contributed by atoms with Crippen molar-refractivity contribution in [2.75, 3.05) is 46.0 Å². The predicted molar refractivity (Wildman–Crippen MR) is 73.2 cm³/mol. The molecule has 1 atom stereocenters. The summed E-state index contributed by atoms with van der Waals surface area (Å²) in [6, 6.07) is -0.256. The molecule has 0 aliphatic carbocycles. The van der Waals surface area contributed by atoms with Crippen LogP contribution in [0, 0.1) is 0 Å². The molecule has 20 heavy (non-hydrogen) atoms. The van der Waals surface area contributed by atoms with E-state index in [2.05, 4.69) is 0 Å². The minimum absolute atomic E-state index is 0.0875. The molecule has 1 unspecified atom stereocenters. The van der Waals surface area contributed by atoms with E-state index in [1.54, 1.807) is 0 Å². The Hall–Kier alpha value is -1.14. The topological polar surface area (TPSA) is 59.1 Å². The van der Waals surface area contributed by atoms with Crippen LogP contribution < -0.4 is 0 Å². The van der Waals surface area contributed by atoms with Crippen molar-refractivity contribution in [3.05, 3.63) is 0 Å². The van der Waals surface area contributed by atoms with Gasteiger partial charge >= 0.3 is 5.97 Å². The van der Waals surface area contributed by atoms with Crippen LogP contribution in [-0.4, -0.2) is 73.7 Å². The monoisotopic (exact) mass is 284 g/mol. The molecule has 0 saturated carbocycles. The molecule has 2 aliphatic heterocycles. The maximum Gasteiger partial charge on any atom is 0.323 e. The Kier molecular flexibility index (Phi) is 5.79. The van der Waals surface area contributed by atoms with Gasteiger partial charge in [-0.1, -0.05) is 6.42 Å². The van der Waals surface area contributed by atoms with Gasteiger partial charge in [0.1, 0.15) is 6.04 Å². The molecule has 2 heterocycles. The molecule has 6 nitrogen and oxygen atoms in total. The molecule has 1 amide bonds. The fourth-order valence-corrected chi connectivity index (χ4v) is 2.77. The molecule has 0 spiro atoms. The van der Waals surface area contributed by atoms with Gasteiger partial charge in [-0.05, 0) is 26.3 Å². The second-order valence-electron chi connectivity index (χ2n) is 5.23. The third kappa shape index (κ3) is 3.93. The van der Waals surface area contributed by atoms with Crippen LogP contribution in [-0.2, 0) is 19.1 Å². The number of hydrogen-bond donors (Lipinski definition) is 0. The number of ether oxygens (including phenoxy) is 2. The van der Waals surface area contributed by atoms with Crippen molar-refractivity contribution < 1.29 is 19.1 Å². The molecule has 0 bridgehead atoms. The highest BCUT2D eigenvalue weighted by Gasteiger charge is 2.32. The Morgan fingerprint density at radius 1 is 1.20 bits per heavy atom. The average molecular weight is 284 g/mol. The molecule has 0 aromatic heterocycles. The second-order valence-corrected chi connectivity index (χ2v) is 5.23. The number of hydrogen-bond acceptors (Lipinski definition) is 5. The van der Waals surface area contributed by atoms with Crippen LogP contribution in [0.15, 0.2) is 0 Å². The van der Waals surface area contributed by atoms with Gasteiger partial charge in [0.15, 0.2) is 0 Å². The maximum atomic E-state index is 12.3. The Labute approximate surface area is 120 Å². The summed E-state index contributed by atoms with van der Waals surface area (Å²) in [5.74, 6) is -0.105. The Morgan fingerprint density at radius 2 is 1.95 bits per heavy atom. The van der Waals surface area contributed by atoms with Gasteiger partial charge in [0.05, 0.1) is 26.4 Å². The summed E-state index contributed by atoms with van der Waals surface area (Å²) in [4.78, 5) is 28.0. The largest absolute Gasteiger partial charge is 0.465 e. The summed E-state index contributed by atoms with van der Waals surface area (Å²) in [6.45, 7) is 5.81. The van der Waals surface area contributed by atoms with E-state index in [0.717, 1.165) is 25.8 Å². The Balaban J connectivity index is 1.90. The van der Waals surface area contributed by atoms with Gasteiger partial charge in [0.25, 0.3) is 0 Å². The highest BCUT2D eigenvalue weighted by atomic mass is 16.5. The summed E-state index contributed by atoms with van der Waals surface area (Å²) in [5.41, 5.74) is 0. The first-order valence-corrected chi connectivity index (χ1v) is 7.48. The van der Waals surface area contributed by atoms with E-state index >= 15 is 0 Å². The van der Waals surface area contributed by atoms with Crippen molar-refractivity contribution >= 4 is 11.9 Å². The van der Waals surface area contributed by atoms with Crippen molar-refractivity contribution in [2.45, 2.75) is 32.2 Å². The van der Waals surface area contributed by atoms with Crippen LogP contribution in [0.3, 0.4) is 0 Å². The van der Waals surface area contributed by atoms with Crippen LogP contribution in [0.2, 0.25) is 0 Å². The normalized spacial score (nSPS) is 24.4. The van der Waals surface area contributed by atoms with Gasteiger partial charge in [-0.3, -0.25) is 14.5 Å². The van der Waals surface area contributed by atoms with Crippen molar-refractivity contribution in [1.82, 2.24) is 9.80 Å². The molecular formula is C14H24N2O4. The standard InChI is InChI=1S/C14H24N2O4/c1-2-20-14(18)12-5-3-4-6-16(12)11-13(17)15-7-9-19-10-8-15/h12H,2-11H2,1H3. The molecule has 0 aromatic carbocycles. The number of nitrogens with zero attached hydrogens (tertiary/aromatic N) is 2. The Bertz CT molecular complexity index is 342. The van der Waals surface area contributed by atoms with Crippen LogP contribution >= 0.6 is 0 Å². The predicted octanol–water partition coefficient (Wildman–Crippen LogP) is 0.263. The van der Waals surface area contributed by atoms with Gasteiger partial charge in [-0.2, -0.15) is 0 Å². The van der Waals surface area contributed by atoms with Gasteiger partial charge < -0.3 is 14.4 Å². The van der Waals surface area contributed by atoms with Crippen molar-refractivity contribution in [3.63, 3.8) is 0 Å². The first-order chi connectivity index (χ1) is 9.72. The number of amides is 1. The second kappa shape index (κ2) is 7.59. The summed E-state index contributed by atoms with van der Waals surface area (Å²) < 4.78 is 10.4. The molecule has 2 saturated heterocycles. The molecule has 0 radical (unpaired) electrons. The molecule has 2 fully saturated rings. The first kappa shape index (κ1) is 15.3. The first-order valence-electron chi connectivity index (χ1n) is 7.48. The zero-order valence-corrected chi connectivity index (χ0v) is 12.2. The van der Waals surface area contributed by atoms with E-state index in [9.17, 15) is 9.59 Å². The number of rotatable bonds is 4. The molecular weight excluding hydrogens is 260 g/mol. The van der Waals surface area contributed by atoms with Crippen molar-refractivity contribution in [2.24, 2.45) is 0 Å². The fourth-order valence-electron chi connectivity index (χ4n) is 2.77. The summed E-state index contributed by atoms with van der Waals surface area (Å²) in [6.07, 6.45) is 2.84. The molecule has 2 rings (SSSR count). The molecule has 114 valence electrons. The number of piperidine rings is 1. The van der Waals surface area contributed by atoms with E-state index < -0.39 is 0 Å². The zero-order valence-electron chi connectivity index (χ0n) is 12.2. The number of carbonyl (C=O) groups is 2. The quantitative estimate of drug-likeness (QED) is 0.693. The average Bonchev–Trinajstić information content (AvgIpc) is 2.49. The van der Waals surface area contributed by atoms with Crippen LogP contribution in [0.4, 0.5) is 0 Å². The lowest BCUT2D eigenvalue weighted by Crippen LogP contribution is -2.52. The van der Waals surface area contributed by atoms with Gasteiger partial charge in [0, 0.05) is 13.1 Å². The lowest BCUT2D eigenvalue weighted by molar-refractivity contribution is -0.152. The maximum absolute atomic E-state index is 12.3. The zero-order chi connectivity index (χ0) is 14.4. The van der Waals surface area contributed by atoms with E-state index in [4.69, 9.17) is 9.47 Å². The number of morpholine rings is 1. The lowest BCUT2D eigenvalue weighted by Gasteiger charge is -2.35. The molecule has 2 aliphatic rings. The summed E-state index contributed by atoms with van der Waals surface area (Å²) in [5, 5.41) is 0. The van der Waals surface area contributed by atoms with Crippen molar-refractivity contribution in [3.8, 4) is 0 Å². The minimum atomic E-state index is -0.256. The van der Waals surface area contributed by atoms with Crippen molar-refractivity contribution in [1.29, 1.82) is 0 Å². The summed E-state index contributed by atoms with van der Waals surface area (Å²) in [7, 11) is 0. The van der Waals surface area contributed by atoms with E-state index in [1.165, 1.54) is 0 Å². The Morgan fingerprint density at radius 3 is 2.65 bits per heavy atom. The fraction of sp³-hybridized carbons (Fsp3) is 0.857. The summed E-state index contributed by atoms with van der Waals surface area (Å²) >= 11 is 0. The van der Waals surface area contributed by atoms with Gasteiger partial charge in [0.2, 0.25) is 5.91 Å². The lowest BCUT2D eigenvalue weighted by atomic mass is 10.0. The minimum Gasteiger partial charge on any atom is -0.465 e. The number of carbonyl (C=O) groups excluding carboxylic acids is 2. The van der Waals surface area contributed by atoms with E-state index in [1.807, 2.05) is 16.7 Å². The SMILES string of the molecule is CCOC(=O)C1CCCCN1CC(=O)N1CCOCC1. The third-order valence-corrected chi connectivity index (χ3v) is 3.87. The number of esters is 1. The van der Waals surface area contributed by atoms with E-state index in [-0.39, 0.29) is 17.9 Å². The third-order valence-electron chi connectivity index (χ3n) is 3.87. The van der Waals surface area contributed by atoms with Crippen LogP contribution in [0.5, 0.6) is 0 Å². The molecule has 0 N–H and O–H groups in total. The number of likely N-dealkylation sites (tertiary alicyclic amines) is 1. The molecule has 0 aromatic rings. The van der Waals surface area contributed by atoms with Gasteiger partial charge in [-0.15, -0.1) is 0 Å².